The quantitative estimate of drug-likeness (QED) is 0.291. The van der Waals surface area contributed by atoms with E-state index in [-0.39, 0.29) is 30.0 Å². The summed E-state index contributed by atoms with van der Waals surface area (Å²) in [5.74, 6) is 1.78. The molecule has 0 aliphatic carbocycles. The number of aliphatic imine (C=N–C) groups is 1. The maximum absolute atomic E-state index is 12.3. The van der Waals surface area contributed by atoms with Crippen LogP contribution in [0.3, 0.4) is 0 Å². The molecule has 3 N–H and O–H groups in total. The number of likely N-dealkylation sites (tertiary alicyclic amines) is 1. The minimum Gasteiger partial charge on any atom is -0.493 e. The molecule has 4 rings (SSSR count). The predicted octanol–water partition coefficient (Wildman–Crippen LogP) is 3.77. The van der Waals surface area contributed by atoms with E-state index in [4.69, 9.17) is 4.74 Å². The number of nitrogens with zero attached hydrogens (tertiary/aromatic N) is 2. The van der Waals surface area contributed by atoms with Gasteiger partial charge in [0.2, 0.25) is 0 Å². The highest BCUT2D eigenvalue weighted by molar-refractivity contribution is 14.0. The van der Waals surface area contributed by atoms with Crippen LogP contribution in [0.4, 0.5) is 10.5 Å². The van der Waals surface area contributed by atoms with Gasteiger partial charge in [-0.25, -0.2) is 4.79 Å². The molecule has 1 saturated heterocycles. The summed E-state index contributed by atoms with van der Waals surface area (Å²) >= 11 is 0. The SMILES string of the molecule is CN=C(NCCc1ccc2c(c1)CCO2)NCc1cccc(NC(=O)N2CCCC2)c1.I. The molecule has 0 bridgehead atoms. The van der Waals surface area contributed by atoms with Crippen molar-refractivity contribution < 1.29 is 9.53 Å². The Morgan fingerprint density at radius 2 is 1.94 bits per heavy atom. The molecule has 0 radical (unpaired) electrons. The lowest BCUT2D eigenvalue weighted by Crippen LogP contribution is -2.37. The lowest BCUT2D eigenvalue weighted by molar-refractivity contribution is 0.222. The average Bonchev–Trinajstić information content (AvgIpc) is 3.48. The minimum absolute atomic E-state index is 0. The van der Waals surface area contributed by atoms with E-state index in [0.717, 1.165) is 74.9 Å². The van der Waals surface area contributed by atoms with Crippen LogP contribution in [0.25, 0.3) is 0 Å². The smallest absolute Gasteiger partial charge is 0.321 e. The first-order valence-electron chi connectivity index (χ1n) is 11.1. The molecule has 1 fully saturated rings. The van der Waals surface area contributed by atoms with Gasteiger partial charge in [0.15, 0.2) is 5.96 Å². The first-order chi connectivity index (χ1) is 15.2. The van der Waals surface area contributed by atoms with Gasteiger partial charge < -0.3 is 25.6 Å². The van der Waals surface area contributed by atoms with Crippen molar-refractivity contribution in [2.24, 2.45) is 4.99 Å². The summed E-state index contributed by atoms with van der Waals surface area (Å²) in [6.07, 6.45) is 4.10. The largest absolute Gasteiger partial charge is 0.493 e. The van der Waals surface area contributed by atoms with Crippen molar-refractivity contribution in [3.8, 4) is 5.75 Å². The van der Waals surface area contributed by atoms with Gasteiger partial charge in [-0.05, 0) is 54.2 Å². The molecule has 7 nitrogen and oxygen atoms in total. The number of guanidine groups is 1. The molecule has 2 aliphatic rings. The Hall–Kier alpha value is -2.49. The highest BCUT2D eigenvalue weighted by Crippen LogP contribution is 2.25. The molecule has 2 heterocycles. The molecular formula is C24H32IN5O2. The third kappa shape index (κ3) is 6.51. The summed E-state index contributed by atoms with van der Waals surface area (Å²) in [4.78, 5) is 18.5. The van der Waals surface area contributed by atoms with E-state index in [9.17, 15) is 4.79 Å². The lowest BCUT2D eigenvalue weighted by Gasteiger charge is -2.17. The zero-order valence-electron chi connectivity index (χ0n) is 18.5. The molecule has 0 atom stereocenters. The second-order valence-corrected chi connectivity index (χ2v) is 7.97. The summed E-state index contributed by atoms with van der Waals surface area (Å²) < 4.78 is 5.57. The average molecular weight is 549 g/mol. The van der Waals surface area contributed by atoms with Crippen molar-refractivity contribution in [1.82, 2.24) is 15.5 Å². The number of nitrogens with one attached hydrogen (secondary N) is 3. The standard InChI is InChI=1S/C24H31N5O2.HI/c1-25-23(26-11-9-18-7-8-22-20(15-18)10-14-31-22)27-17-19-5-4-6-21(16-19)28-24(30)29-12-2-3-13-29;/h4-8,15-16H,2-3,9-14,17H2,1H3,(H,28,30)(H2,25,26,27);1H. The Morgan fingerprint density at radius 3 is 2.75 bits per heavy atom. The van der Waals surface area contributed by atoms with Crippen LogP contribution in [0.15, 0.2) is 47.5 Å². The molecule has 2 aliphatic heterocycles. The molecule has 0 aromatic heterocycles. The number of rotatable bonds is 6. The number of amides is 2. The van der Waals surface area contributed by atoms with E-state index in [1.807, 2.05) is 29.2 Å². The van der Waals surface area contributed by atoms with Crippen LogP contribution in [0.1, 0.15) is 29.5 Å². The van der Waals surface area contributed by atoms with Gasteiger partial charge >= 0.3 is 6.03 Å². The van der Waals surface area contributed by atoms with Gasteiger partial charge in [0.05, 0.1) is 6.61 Å². The van der Waals surface area contributed by atoms with E-state index >= 15 is 0 Å². The number of carbonyl (C=O) groups is 1. The van der Waals surface area contributed by atoms with E-state index in [1.165, 1.54) is 11.1 Å². The summed E-state index contributed by atoms with van der Waals surface area (Å²) in [6, 6.07) is 14.3. The Labute approximate surface area is 207 Å². The predicted molar refractivity (Wildman–Crippen MR) is 139 cm³/mol. The number of ether oxygens (including phenoxy) is 1. The summed E-state index contributed by atoms with van der Waals surface area (Å²) in [5, 5.41) is 9.72. The molecule has 32 heavy (non-hydrogen) atoms. The second-order valence-electron chi connectivity index (χ2n) is 7.97. The monoisotopic (exact) mass is 549 g/mol. The lowest BCUT2D eigenvalue weighted by atomic mass is 10.1. The third-order valence-corrected chi connectivity index (χ3v) is 5.72. The highest BCUT2D eigenvalue weighted by Gasteiger charge is 2.17. The molecule has 2 amide bonds. The molecule has 2 aromatic carbocycles. The Bertz CT molecular complexity index is 944. The van der Waals surface area contributed by atoms with E-state index < -0.39 is 0 Å². The number of urea groups is 1. The van der Waals surface area contributed by atoms with Crippen LogP contribution in [0.5, 0.6) is 5.75 Å². The van der Waals surface area contributed by atoms with Gasteiger partial charge in [-0.1, -0.05) is 24.3 Å². The maximum atomic E-state index is 12.3. The number of hydrogen-bond donors (Lipinski definition) is 3. The zero-order valence-corrected chi connectivity index (χ0v) is 20.9. The fourth-order valence-corrected chi connectivity index (χ4v) is 4.01. The van der Waals surface area contributed by atoms with E-state index in [2.05, 4.69) is 39.1 Å². The first-order valence-corrected chi connectivity index (χ1v) is 11.1. The van der Waals surface area contributed by atoms with Crippen molar-refractivity contribution >= 4 is 41.7 Å². The van der Waals surface area contributed by atoms with Gasteiger partial charge in [0, 0.05) is 45.3 Å². The number of halogens is 1. The number of anilines is 1. The summed E-state index contributed by atoms with van der Waals surface area (Å²) in [6.45, 7) is 3.90. The van der Waals surface area contributed by atoms with Crippen molar-refractivity contribution in [3.63, 3.8) is 0 Å². The van der Waals surface area contributed by atoms with Crippen LogP contribution in [0, 0.1) is 0 Å². The number of benzene rings is 2. The fraction of sp³-hybridized carbons (Fsp3) is 0.417. The van der Waals surface area contributed by atoms with Crippen LogP contribution >= 0.6 is 24.0 Å². The summed E-state index contributed by atoms with van der Waals surface area (Å²) in [7, 11) is 1.77. The van der Waals surface area contributed by atoms with Gasteiger partial charge in [-0.15, -0.1) is 24.0 Å². The highest BCUT2D eigenvalue weighted by atomic mass is 127. The van der Waals surface area contributed by atoms with Crippen LogP contribution < -0.4 is 20.7 Å². The van der Waals surface area contributed by atoms with Gasteiger partial charge in [-0.3, -0.25) is 4.99 Å². The molecule has 0 saturated carbocycles. The van der Waals surface area contributed by atoms with Crippen LogP contribution in [-0.2, 0) is 19.4 Å². The van der Waals surface area contributed by atoms with Crippen molar-refractivity contribution in [2.75, 3.05) is 38.6 Å². The topological polar surface area (TPSA) is 78.0 Å². The third-order valence-electron chi connectivity index (χ3n) is 5.72. The maximum Gasteiger partial charge on any atom is 0.321 e. The molecule has 0 unspecified atom stereocenters. The summed E-state index contributed by atoms with van der Waals surface area (Å²) in [5.41, 5.74) is 4.51. The number of hydrogen-bond acceptors (Lipinski definition) is 3. The molecule has 2 aromatic rings. The van der Waals surface area contributed by atoms with Gasteiger partial charge in [0.25, 0.3) is 0 Å². The molecule has 172 valence electrons. The molecule has 8 heteroatoms. The normalized spacial score (nSPS) is 14.9. The second kappa shape index (κ2) is 11.9. The van der Waals surface area contributed by atoms with Crippen molar-refractivity contribution in [3.05, 3.63) is 59.2 Å². The van der Waals surface area contributed by atoms with E-state index in [0.29, 0.717) is 6.54 Å². The van der Waals surface area contributed by atoms with E-state index in [1.54, 1.807) is 7.05 Å². The molecular weight excluding hydrogens is 517 g/mol. The number of fused-ring (bicyclic) bond motifs is 1. The fourth-order valence-electron chi connectivity index (χ4n) is 4.01. The van der Waals surface area contributed by atoms with Crippen molar-refractivity contribution in [2.45, 2.75) is 32.2 Å². The molecule has 0 spiro atoms. The van der Waals surface area contributed by atoms with Crippen molar-refractivity contribution in [1.29, 1.82) is 0 Å². The van der Waals surface area contributed by atoms with Gasteiger partial charge in [0.1, 0.15) is 5.75 Å². The number of carbonyl (C=O) groups excluding carboxylic acids is 1. The van der Waals surface area contributed by atoms with Crippen LogP contribution in [0.2, 0.25) is 0 Å². The zero-order chi connectivity index (χ0) is 21.5. The Kier molecular flexibility index (Phi) is 9.01. The Morgan fingerprint density at radius 1 is 1.09 bits per heavy atom. The van der Waals surface area contributed by atoms with Gasteiger partial charge in [-0.2, -0.15) is 0 Å². The first kappa shape index (κ1) is 24.2. The Balaban J connectivity index is 0.00000289. The minimum atomic E-state index is -0.0156. The van der Waals surface area contributed by atoms with Crippen LogP contribution in [-0.4, -0.2) is 50.2 Å².